The molecule has 0 aromatic carbocycles. The van der Waals surface area contributed by atoms with Gasteiger partial charge < -0.3 is 9.84 Å². The molecule has 6 rings (SSSR count). The van der Waals surface area contributed by atoms with Crippen LogP contribution in [0.5, 0.6) is 0 Å². The van der Waals surface area contributed by atoms with Crippen LogP contribution in [0.15, 0.2) is 24.3 Å². The van der Waals surface area contributed by atoms with Crippen molar-refractivity contribution in [2.75, 3.05) is 0 Å². The summed E-state index contributed by atoms with van der Waals surface area (Å²) in [6, 6.07) is 0. The number of ether oxygens (including phenoxy) is 1. The van der Waals surface area contributed by atoms with Crippen molar-refractivity contribution in [1.82, 2.24) is 0 Å². The molecule has 29 heavy (non-hydrogen) atoms. The fourth-order valence-electron chi connectivity index (χ4n) is 9.16. The first kappa shape index (κ1) is 18.4. The Morgan fingerprint density at radius 3 is 2.62 bits per heavy atom. The summed E-state index contributed by atoms with van der Waals surface area (Å²) in [4.78, 5) is 26.2. The first-order valence-electron chi connectivity index (χ1n) is 11.3. The maximum Gasteiger partial charge on any atom is 0.334 e. The Morgan fingerprint density at radius 2 is 1.97 bits per heavy atom. The third-order valence-corrected chi connectivity index (χ3v) is 10.9. The Balaban J connectivity index is 1.56. The van der Waals surface area contributed by atoms with Crippen LogP contribution in [0, 0.1) is 45.3 Å². The van der Waals surface area contributed by atoms with Crippen molar-refractivity contribution in [2.24, 2.45) is 45.3 Å². The highest BCUT2D eigenvalue weighted by molar-refractivity contribution is 5.94. The molecule has 4 nitrogen and oxygen atoms in total. The highest BCUT2D eigenvalue weighted by Gasteiger charge is 2.86. The highest BCUT2D eigenvalue weighted by atomic mass is 16.6. The number of fused-ring (bicyclic) bond motifs is 4. The molecule has 4 saturated carbocycles. The molecule has 0 aromatic rings. The van der Waals surface area contributed by atoms with E-state index < -0.39 is 16.4 Å². The van der Waals surface area contributed by atoms with Gasteiger partial charge in [-0.25, -0.2) is 4.79 Å². The van der Waals surface area contributed by atoms with E-state index in [-0.39, 0.29) is 34.7 Å². The zero-order chi connectivity index (χ0) is 20.8. The number of hydrogen-bond donors (Lipinski definition) is 1. The molecule has 5 fully saturated rings. The lowest BCUT2D eigenvalue weighted by Crippen LogP contribution is -2.49. The standard InChI is InChI=1S/C25H32O4/c1-13(2)23-10-16(23)25(17(26)11-23)12-24-9-8-21(25,4)19(24)18-15(6-7-22(24,5)28)14(3)20(27)29-18/h8-9,13,15-16,18-19,28H,3,6-7,10-12H2,1-2,4-5H3/t15-,16-,18-,19-,21-,22+,23-,24-,25+/m0/s1. The molecule has 2 bridgehead atoms. The molecule has 4 heteroatoms. The molecule has 1 N–H and O–H groups in total. The van der Waals surface area contributed by atoms with E-state index in [0.717, 1.165) is 6.42 Å². The molecule has 1 spiro atoms. The lowest BCUT2D eigenvalue weighted by Gasteiger charge is -2.44. The van der Waals surface area contributed by atoms with Gasteiger partial charge in [-0.05, 0) is 49.9 Å². The molecule has 9 atom stereocenters. The van der Waals surface area contributed by atoms with Crippen LogP contribution in [0.25, 0.3) is 0 Å². The lowest BCUT2D eigenvalue weighted by molar-refractivity contribution is -0.148. The molecule has 6 aliphatic rings. The molecule has 0 unspecified atom stereocenters. The van der Waals surface area contributed by atoms with Crippen LogP contribution in [0.3, 0.4) is 0 Å². The lowest BCUT2D eigenvalue weighted by atomic mass is 9.58. The van der Waals surface area contributed by atoms with E-state index in [0.29, 0.717) is 48.9 Å². The third-order valence-electron chi connectivity index (χ3n) is 10.9. The average molecular weight is 397 g/mol. The van der Waals surface area contributed by atoms with Gasteiger partial charge in [0.15, 0.2) is 0 Å². The molecule has 1 heterocycles. The normalized spacial score (nSPS) is 59.2. The number of rotatable bonds is 1. The van der Waals surface area contributed by atoms with Crippen LogP contribution in [0.4, 0.5) is 0 Å². The molecule has 0 amide bonds. The number of carbonyl (C=O) groups is 2. The number of allylic oxidation sites excluding steroid dienone is 1. The number of hydrogen-bond acceptors (Lipinski definition) is 4. The van der Waals surface area contributed by atoms with Gasteiger partial charge >= 0.3 is 5.97 Å². The summed E-state index contributed by atoms with van der Waals surface area (Å²) in [7, 11) is 0. The molecule has 156 valence electrons. The van der Waals surface area contributed by atoms with Crippen molar-refractivity contribution in [1.29, 1.82) is 0 Å². The maximum absolute atomic E-state index is 13.8. The molecule has 0 aromatic heterocycles. The fourth-order valence-corrected chi connectivity index (χ4v) is 9.16. The minimum absolute atomic E-state index is 0.0548. The Labute approximate surface area is 172 Å². The Bertz CT molecular complexity index is 914. The SMILES string of the molecule is C=C1C(=O)O[C@H]2[C@H]1CC[C@@](C)(O)[C@]13C=C[C@@](C)([C@H]21)[C@@]1(C3)C(=O)C[C@]2(C(C)C)C[C@@H]21. The summed E-state index contributed by atoms with van der Waals surface area (Å²) in [5.74, 6) is 0.852. The van der Waals surface area contributed by atoms with E-state index in [1.54, 1.807) is 0 Å². The van der Waals surface area contributed by atoms with Gasteiger partial charge in [-0.2, -0.15) is 0 Å². The van der Waals surface area contributed by atoms with Crippen LogP contribution in [0.2, 0.25) is 0 Å². The largest absolute Gasteiger partial charge is 0.458 e. The van der Waals surface area contributed by atoms with Gasteiger partial charge in [-0.1, -0.05) is 39.5 Å². The summed E-state index contributed by atoms with van der Waals surface area (Å²) in [6.45, 7) is 12.7. The smallest absolute Gasteiger partial charge is 0.334 e. The number of esters is 1. The van der Waals surface area contributed by atoms with Gasteiger partial charge in [-0.3, -0.25) is 4.79 Å². The summed E-state index contributed by atoms with van der Waals surface area (Å²) < 4.78 is 5.96. The highest BCUT2D eigenvalue weighted by Crippen LogP contribution is 2.87. The molecule has 5 aliphatic carbocycles. The number of Topliss-reactive ketones (excluding diaryl/α,β-unsaturated/α-hetero) is 1. The van der Waals surface area contributed by atoms with Crippen LogP contribution < -0.4 is 0 Å². The Kier molecular flexibility index (Phi) is 3.00. The first-order valence-corrected chi connectivity index (χ1v) is 11.3. The van der Waals surface area contributed by atoms with Gasteiger partial charge in [0.2, 0.25) is 0 Å². The van der Waals surface area contributed by atoms with E-state index in [1.807, 2.05) is 6.92 Å². The van der Waals surface area contributed by atoms with E-state index >= 15 is 0 Å². The molecule has 1 saturated heterocycles. The van der Waals surface area contributed by atoms with E-state index in [2.05, 4.69) is 39.5 Å². The number of aliphatic hydroxyl groups is 1. The van der Waals surface area contributed by atoms with Crippen LogP contribution in [0.1, 0.15) is 59.8 Å². The molecular weight excluding hydrogens is 364 g/mol. The van der Waals surface area contributed by atoms with Crippen molar-refractivity contribution >= 4 is 11.8 Å². The second kappa shape index (κ2) is 4.74. The quantitative estimate of drug-likeness (QED) is 0.416. The van der Waals surface area contributed by atoms with Crippen LogP contribution in [-0.2, 0) is 14.3 Å². The van der Waals surface area contributed by atoms with Crippen LogP contribution in [-0.4, -0.2) is 28.6 Å². The summed E-state index contributed by atoms with van der Waals surface area (Å²) >= 11 is 0. The van der Waals surface area contributed by atoms with Crippen molar-refractivity contribution < 1.29 is 19.4 Å². The second-order valence-electron chi connectivity index (χ2n) is 11.8. The predicted molar refractivity (Wildman–Crippen MR) is 108 cm³/mol. The maximum atomic E-state index is 13.8. The third kappa shape index (κ3) is 1.62. The fraction of sp³-hybridized carbons (Fsp3) is 0.760. The minimum atomic E-state index is -0.926. The van der Waals surface area contributed by atoms with E-state index in [1.165, 1.54) is 0 Å². The monoisotopic (exact) mass is 396 g/mol. The van der Waals surface area contributed by atoms with Gasteiger partial charge in [0.1, 0.15) is 11.9 Å². The van der Waals surface area contributed by atoms with Gasteiger partial charge in [0, 0.05) is 40.1 Å². The summed E-state index contributed by atoms with van der Waals surface area (Å²) in [5.41, 5.74) is -1.58. The molecule has 0 radical (unpaired) electrons. The van der Waals surface area contributed by atoms with Crippen molar-refractivity contribution in [3.63, 3.8) is 0 Å². The molecule has 1 aliphatic heterocycles. The summed E-state index contributed by atoms with van der Waals surface area (Å²) in [5, 5.41) is 11.8. The van der Waals surface area contributed by atoms with Gasteiger partial charge in [0.25, 0.3) is 0 Å². The van der Waals surface area contributed by atoms with Crippen molar-refractivity contribution in [2.45, 2.75) is 71.5 Å². The number of ketones is 1. The van der Waals surface area contributed by atoms with E-state index in [9.17, 15) is 14.7 Å². The second-order valence-corrected chi connectivity index (χ2v) is 11.8. The Hall–Kier alpha value is -1.42. The predicted octanol–water partition coefficient (Wildman–Crippen LogP) is 3.83. The van der Waals surface area contributed by atoms with Crippen LogP contribution >= 0.6 is 0 Å². The average Bonchev–Trinajstić information content (AvgIpc) is 3.02. The van der Waals surface area contributed by atoms with Gasteiger partial charge in [0.05, 0.1) is 5.60 Å². The minimum Gasteiger partial charge on any atom is -0.458 e. The first-order chi connectivity index (χ1) is 13.5. The molecular formula is C25H32O4. The summed E-state index contributed by atoms with van der Waals surface area (Å²) in [6.07, 6.45) is 7.95. The zero-order valence-electron chi connectivity index (χ0n) is 18.0. The Morgan fingerprint density at radius 1 is 1.24 bits per heavy atom. The van der Waals surface area contributed by atoms with E-state index in [4.69, 9.17) is 4.74 Å². The van der Waals surface area contributed by atoms with Crippen molar-refractivity contribution in [3.8, 4) is 0 Å². The number of carbonyl (C=O) groups excluding carboxylic acids is 2. The van der Waals surface area contributed by atoms with Crippen molar-refractivity contribution in [3.05, 3.63) is 24.3 Å². The topological polar surface area (TPSA) is 63.6 Å². The zero-order valence-corrected chi connectivity index (χ0v) is 18.0. The van der Waals surface area contributed by atoms with Gasteiger partial charge in [-0.15, -0.1) is 0 Å².